The fourth-order valence-electron chi connectivity index (χ4n) is 2.18. The summed E-state index contributed by atoms with van der Waals surface area (Å²) < 4.78 is 22.5. The molecule has 0 aromatic heterocycles. The van der Waals surface area contributed by atoms with Crippen molar-refractivity contribution in [3.8, 4) is 0 Å². The normalized spacial score (nSPS) is 12.1. The van der Waals surface area contributed by atoms with Crippen molar-refractivity contribution in [3.05, 3.63) is 60.2 Å². The number of carbonyl (C=O) groups excluding carboxylic acids is 2. The van der Waals surface area contributed by atoms with E-state index in [0.29, 0.717) is 11.3 Å². The molecule has 0 bridgehead atoms. The summed E-state index contributed by atoms with van der Waals surface area (Å²) >= 11 is 0. The number of para-hydroxylation sites is 1. The number of amides is 3. The molecule has 2 rings (SSSR count). The van der Waals surface area contributed by atoms with Gasteiger partial charge >= 0.3 is 6.03 Å². The summed E-state index contributed by atoms with van der Waals surface area (Å²) in [7, 11) is -3.75. The lowest BCUT2D eigenvalue weighted by atomic mass is 10.1. The molecule has 2 aromatic carbocycles. The molecule has 0 aliphatic rings. The van der Waals surface area contributed by atoms with Gasteiger partial charge in [-0.15, -0.1) is 0 Å². The summed E-state index contributed by atoms with van der Waals surface area (Å²) in [5.74, 6) is -0.378. The maximum Gasteiger partial charge on any atom is 0.319 e. The number of hydrogen-bond acceptors (Lipinski definition) is 4. The molecule has 9 heteroatoms. The van der Waals surface area contributed by atoms with E-state index in [0.717, 1.165) is 0 Å². The van der Waals surface area contributed by atoms with Crippen molar-refractivity contribution >= 4 is 27.6 Å². The maximum atomic E-state index is 11.9. The molecule has 1 atom stereocenters. The largest absolute Gasteiger partial charge is 0.348 e. The molecule has 0 saturated heterocycles. The van der Waals surface area contributed by atoms with Gasteiger partial charge in [0.2, 0.25) is 15.9 Å². The molecule has 26 heavy (non-hydrogen) atoms. The van der Waals surface area contributed by atoms with E-state index in [1.807, 2.05) is 6.07 Å². The summed E-state index contributed by atoms with van der Waals surface area (Å²) in [5, 5.41) is 12.8. The van der Waals surface area contributed by atoms with Crippen LogP contribution in [0.3, 0.4) is 0 Å². The van der Waals surface area contributed by atoms with Crippen LogP contribution in [0.4, 0.5) is 10.5 Å². The van der Waals surface area contributed by atoms with Gasteiger partial charge in [0.15, 0.2) is 0 Å². The van der Waals surface area contributed by atoms with Crippen molar-refractivity contribution < 1.29 is 18.0 Å². The van der Waals surface area contributed by atoms with E-state index in [4.69, 9.17) is 5.14 Å². The first-order chi connectivity index (χ1) is 12.3. The minimum absolute atomic E-state index is 0.000902. The number of anilines is 1. The lowest BCUT2D eigenvalue weighted by Crippen LogP contribution is -2.39. The van der Waals surface area contributed by atoms with Crippen LogP contribution in [-0.4, -0.2) is 26.9 Å². The summed E-state index contributed by atoms with van der Waals surface area (Å²) in [6.07, 6.45) is 0. The summed E-state index contributed by atoms with van der Waals surface area (Å²) in [5.41, 5.74) is 1.33. The number of urea groups is 1. The first-order valence-corrected chi connectivity index (χ1v) is 9.32. The van der Waals surface area contributed by atoms with Gasteiger partial charge in [-0.2, -0.15) is 0 Å². The Labute approximate surface area is 151 Å². The minimum atomic E-state index is -3.75. The van der Waals surface area contributed by atoms with Gasteiger partial charge in [0.1, 0.15) is 0 Å². The van der Waals surface area contributed by atoms with Crippen LogP contribution >= 0.6 is 0 Å². The molecule has 3 amide bonds. The molecule has 0 heterocycles. The van der Waals surface area contributed by atoms with E-state index in [9.17, 15) is 18.0 Å². The van der Waals surface area contributed by atoms with Crippen LogP contribution in [0.5, 0.6) is 0 Å². The lowest BCUT2D eigenvalue weighted by Gasteiger charge is -2.15. The Balaban J connectivity index is 1.82. The molecule has 0 fully saturated rings. The number of rotatable bonds is 6. The highest BCUT2D eigenvalue weighted by molar-refractivity contribution is 7.89. The van der Waals surface area contributed by atoms with E-state index in [1.165, 1.54) is 12.1 Å². The Kier molecular flexibility index (Phi) is 6.31. The van der Waals surface area contributed by atoms with Crippen molar-refractivity contribution in [2.45, 2.75) is 17.9 Å². The third kappa shape index (κ3) is 5.87. The van der Waals surface area contributed by atoms with Crippen molar-refractivity contribution in [2.75, 3.05) is 11.9 Å². The molecule has 0 aliphatic carbocycles. The van der Waals surface area contributed by atoms with Gasteiger partial charge in [-0.05, 0) is 36.8 Å². The molecule has 2 aromatic rings. The predicted molar refractivity (Wildman–Crippen MR) is 97.8 cm³/mol. The third-order valence-electron chi connectivity index (χ3n) is 3.53. The van der Waals surface area contributed by atoms with Gasteiger partial charge < -0.3 is 16.0 Å². The van der Waals surface area contributed by atoms with Crippen LogP contribution in [0.25, 0.3) is 0 Å². The molecule has 5 N–H and O–H groups in total. The highest BCUT2D eigenvalue weighted by Gasteiger charge is 2.13. The number of nitrogens with one attached hydrogen (secondary N) is 3. The predicted octanol–water partition coefficient (Wildman–Crippen LogP) is 1.33. The molecule has 0 spiro atoms. The Hall–Kier alpha value is -2.91. The van der Waals surface area contributed by atoms with E-state index in [1.54, 1.807) is 43.3 Å². The lowest BCUT2D eigenvalue weighted by molar-refractivity contribution is -0.120. The van der Waals surface area contributed by atoms with Crippen LogP contribution in [-0.2, 0) is 14.8 Å². The first kappa shape index (κ1) is 19.4. The average molecular weight is 376 g/mol. The van der Waals surface area contributed by atoms with Crippen LogP contribution in [0.1, 0.15) is 18.5 Å². The fourth-order valence-corrected chi connectivity index (χ4v) is 2.69. The number of benzene rings is 2. The van der Waals surface area contributed by atoms with Crippen molar-refractivity contribution in [1.29, 1.82) is 0 Å². The summed E-state index contributed by atoms with van der Waals surface area (Å²) in [6, 6.07) is 13.9. The average Bonchev–Trinajstić information content (AvgIpc) is 2.60. The number of carbonyl (C=O) groups is 2. The molecular weight excluding hydrogens is 356 g/mol. The SMILES string of the molecule is CC(NC(=O)CNC(=O)Nc1ccccc1)c1ccc(S(N)(=O)=O)cc1. The van der Waals surface area contributed by atoms with E-state index < -0.39 is 16.1 Å². The monoisotopic (exact) mass is 376 g/mol. The van der Waals surface area contributed by atoms with Crippen LogP contribution < -0.4 is 21.1 Å². The van der Waals surface area contributed by atoms with Gasteiger partial charge in [0.25, 0.3) is 0 Å². The highest BCUT2D eigenvalue weighted by Crippen LogP contribution is 2.15. The van der Waals surface area contributed by atoms with E-state index in [2.05, 4.69) is 16.0 Å². The Bertz CT molecular complexity index is 867. The second kappa shape index (κ2) is 8.45. The Morgan fingerprint density at radius 1 is 1.04 bits per heavy atom. The van der Waals surface area contributed by atoms with Gasteiger partial charge in [-0.3, -0.25) is 4.79 Å². The fraction of sp³-hybridized carbons (Fsp3) is 0.176. The number of hydrogen-bond donors (Lipinski definition) is 4. The van der Waals surface area contributed by atoms with Crippen LogP contribution in [0.15, 0.2) is 59.5 Å². The first-order valence-electron chi connectivity index (χ1n) is 7.78. The molecule has 1 unspecified atom stereocenters. The standard InChI is InChI=1S/C17H20N4O4S/c1-12(13-7-9-15(10-8-13)26(18,24)25)20-16(22)11-19-17(23)21-14-5-3-2-4-6-14/h2-10,12H,11H2,1H3,(H,20,22)(H2,18,24,25)(H2,19,21,23). The quantitative estimate of drug-likeness (QED) is 0.606. The van der Waals surface area contributed by atoms with Crippen LogP contribution in [0.2, 0.25) is 0 Å². The zero-order valence-corrected chi connectivity index (χ0v) is 14.9. The zero-order chi connectivity index (χ0) is 19.2. The topological polar surface area (TPSA) is 130 Å². The number of nitrogens with two attached hydrogens (primary N) is 1. The minimum Gasteiger partial charge on any atom is -0.348 e. The van der Waals surface area contributed by atoms with E-state index in [-0.39, 0.29) is 23.4 Å². The Morgan fingerprint density at radius 3 is 2.23 bits per heavy atom. The van der Waals surface area contributed by atoms with Gasteiger partial charge in [0, 0.05) is 5.69 Å². The van der Waals surface area contributed by atoms with Gasteiger partial charge in [0.05, 0.1) is 17.5 Å². The molecular formula is C17H20N4O4S. The van der Waals surface area contributed by atoms with E-state index >= 15 is 0 Å². The van der Waals surface area contributed by atoms with Gasteiger partial charge in [-0.25, -0.2) is 18.4 Å². The van der Waals surface area contributed by atoms with Gasteiger partial charge in [-0.1, -0.05) is 30.3 Å². The summed E-state index contributed by atoms with van der Waals surface area (Å²) in [4.78, 5) is 23.7. The molecule has 0 radical (unpaired) electrons. The van der Waals surface area contributed by atoms with Crippen molar-refractivity contribution in [3.63, 3.8) is 0 Å². The smallest absolute Gasteiger partial charge is 0.319 e. The molecule has 0 saturated carbocycles. The second-order valence-corrected chi connectivity index (χ2v) is 7.14. The second-order valence-electron chi connectivity index (χ2n) is 5.58. The molecule has 138 valence electrons. The van der Waals surface area contributed by atoms with Crippen molar-refractivity contribution in [2.24, 2.45) is 5.14 Å². The number of primary sulfonamides is 1. The highest BCUT2D eigenvalue weighted by atomic mass is 32.2. The Morgan fingerprint density at radius 2 is 1.65 bits per heavy atom. The summed E-state index contributed by atoms with van der Waals surface area (Å²) in [6.45, 7) is 1.55. The third-order valence-corrected chi connectivity index (χ3v) is 4.46. The van der Waals surface area contributed by atoms with Crippen molar-refractivity contribution in [1.82, 2.24) is 10.6 Å². The maximum absolute atomic E-state index is 11.9. The molecule has 0 aliphatic heterocycles. The number of sulfonamides is 1. The zero-order valence-electron chi connectivity index (χ0n) is 14.1. The van der Waals surface area contributed by atoms with Crippen LogP contribution in [0, 0.1) is 0 Å². The molecule has 8 nitrogen and oxygen atoms in total.